The minimum absolute atomic E-state index is 0.414. The van der Waals surface area contributed by atoms with Crippen molar-refractivity contribution in [2.45, 2.75) is 18.9 Å². The highest BCUT2D eigenvalue weighted by Crippen LogP contribution is 2.30. The summed E-state index contributed by atoms with van der Waals surface area (Å²) in [7, 11) is 4.22. The van der Waals surface area contributed by atoms with E-state index in [0.29, 0.717) is 16.1 Å². The molecule has 0 spiro atoms. The topological polar surface area (TPSA) is 6.48 Å². The first-order valence-corrected chi connectivity index (χ1v) is 7.17. The van der Waals surface area contributed by atoms with Crippen molar-refractivity contribution >= 4 is 23.2 Å². The van der Waals surface area contributed by atoms with Gasteiger partial charge in [-0.2, -0.15) is 0 Å². The molecule has 1 unspecified atom stereocenters. The normalized spacial score (nSPS) is 18.5. The van der Waals surface area contributed by atoms with Crippen molar-refractivity contribution in [3.8, 4) is 0 Å². The van der Waals surface area contributed by atoms with Gasteiger partial charge in [-0.05, 0) is 57.7 Å². The summed E-state index contributed by atoms with van der Waals surface area (Å²) in [4.78, 5) is 4.77. The van der Waals surface area contributed by atoms with Crippen LogP contribution in [0.5, 0.6) is 0 Å². The summed E-state index contributed by atoms with van der Waals surface area (Å²) in [6, 6.07) is 6.42. The third-order valence-electron chi connectivity index (χ3n) is 3.45. The standard InChI is InChI=1S/C14H20Cl2N2/c1-17(2)10-14(18-7-3-4-8-18)11-5-6-12(15)13(16)9-11/h5-6,9,14H,3-4,7-8,10H2,1-2H3. The average Bonchev–Trinajstić information content (AvgIpc) is 2.83. The molecule has 1 aliphatic heterocycles. The summed E-state index contributed by atoms with van der Waals surface area (Å²) >= 11 is 12.1. The van der Waals surface area contributed by atoms with Gasteiger partial charge in [-0.15, -0.1) is 0 Å². The van der Waals surface area contributed by atoms with Gasteiger partial charge < -0.3 is 4.90 Å². The Kier molecular flexibility index (Phi) is 4.91. The summed E-state index contributed by atoms with van der Waals surface area (Å²) in [5.74, 6) is 0. The first kappa shape index (κ1) is 14.1. The molecule has 0 aromatic heterocycles. The highest BCUT2D eigenvalue weighted by molar-refractivity contribution is 6.42. The third-order valence-corrected chi connectivity index (χ3v) is 4.19. The van der Waals surface area contributed by atoms with Crippen LogP contribution in [-0.4, -0.2) is 43.5 Å². The molecule has 1 aliphatic rings. The van der Waals surface area contributed by atoms with Gasteiger partial charge >= 0.3 is 0 Å². The molecule has 1 fully saturated rings. The summed E-state index contributed by atoms with van der Waals surface area (Å²) in [6.45, 7) is 3.37. The molecule has 0 aliphatic carbocycles. The van der Waals surface area contributed by atoms with Crippen LogP contribution in [0.3, 0.4) is 0 Å². The zero-order valence-electron chi connectivity index (χ0n) is 11.0. The summed E-state index contributed by atoms with van der Waals surface area (Å²) in [5, 5.41) is 1.28. The fraction of sp³-hybridized carbons (Fsp3) is 0.571. The highest BCUT2D eigenvalue weighted by Gasteiger charge is 2.24. The lowest BCUT2D eigenvalue weighted by molar-refractivity contribution is 0.196. The molecule has 1 aromatic carbocycles. The third kappa shape index (κ3) is 3.39. The zero-order chi connectivity index (χ0) is 13.1. The van der Waals surface area contributed by atoms with Crippen molar-refractivity contribution in [1.82, 2.24) is 9.80 Å². The maximum atomic E-state index is 6.14. The van der Waals surface area contributed by atoms with E-state index in [1.54, 1.807) is 0 Å². The second-order valence-corrected chi connectivity index (χ2v) is 6.01. The number of benzene rings is 1. The summed E-state index contributed by atoms with van der Waals surface area (Å²) in [5.41, 5.74) is 1.26. The number of halogens is 2. The lowest BCUT2D eigenvalue weighted by Crippen LogP contribution is -2.33. The Balaban J connectivity index is 2.23. The van der Waals surface area contributed by atoms with Crippen LogP contribution in [-0.2, 0) is 0 Å². The van der Waals surface area contributed by atoms with Crippen molar-refractivity contribution in [2.24, 2.45) is 0 Å². The van der Waals surface area contributed by atoms with Gasteiger partial charge in [-0.1, -0.05) is 29.3 Å². The maximum absolute atomic E-state index is 6.14. The number of nitrogens with zero attached hydrogens (tertiary/aromatic N) is 2. The molecular weight excluding hydrogens is 267 g/mol. The van der Waals surface area contributed by atoms with E-state index < -0.39 is 0 Å². The van der Waals surface area contributed by atoms with Crippen molar-refractivity contribution < 1.29 is 0 Å². The average molecular weight is 287 g/mol. The van der Waals surface area contributed by atoms with Gasteiger partial charge in [0.15, 0.2) is 0 Å². The molecule has 1 heterocycles. The largest absolute Gasteiger partial charge is 0.307 e. The molecular formula is C14H20Cl2N2. The van der Waals surface area contributed by atoms with Crippen molar-refractivity contribution in [3.05, 3.63) is 33.8 Å². The Morgan fingerprint density at radius 3 is 2.39 bits per heavy atom. The van der Waals surface area contributed by atoms with Crippen LogP contribution in [0.25, 0.3) is 0 Å². The predicted octanol–water partition coefficient (Wildman–Crippen LogP) is 3.69. The molecule has 2 rings (SSSR count). The molecule has 0 bridgehead atoms. The minimum atomic E-state index is 0.414. The first-order valence-electron chi connectivity index (χ1n) is 6.41. The van der Waals surface area contributed by atoms with Gasteiger partial charge in [0.05, 0.1) is 10.0 Å². The molecule has 1 atom stereocenters. The molecule has 1 saturated heterocycles. The molecule has 1 aromatic rings. The van der Waals surface area contributed by atoms with Gasteiger partial charge in [0.2, 0.25) is 0 Å². The van der Waals surface area contributed by atoms with Crippen LogP contribution in [0, 0.1) is 0 Å². The Labute approximate surface area is 119 Å². The van der Waals surface area contributed by atoms with Crippen LogP contribution < -0.4 is 0 Å². The van der Waals surface area contributed by atoms with Gasteiger partial charge in [0, 0.05) is 12.6 Å². The minimum Gasteiger partial charge on any atom is -0.307 e. The molecule has 0 N–H and O–H groups in total. The van der Waals surface area contributed by atoms with Gasteiger partial charge in [-0.25, -0.2) is 0 Å². The molecule has 0 radical (unpaired) electrons. The zero-order valence-corrected chi connectivity index (χ0v) is 12.5. The number of likely N-dealkylation sites (N-methyl/N-ethyl adjacent to an activating group) is 1. The monoisotopic (exact) mass is 286 g/mol. The Bertz CT molecular complexity index is 401. The second kappa shape index (κ2) is 6.25. The molecule has 18 heavy (non-hydrogen) atoms. The fourth-order valence-electron chi connectivity index (χ4n) is 2.55. The van der Waals surface area contributed by atoms with Crippen molar-refractivity contribution in [3.63, 3.8) is 0 Å². The van der Waals surface area contributed by atoms with Crippen LogP contribution in [0.2, 0.25) is 10.0 Å². The van der Waals surface area contributed by atoms with E-state index in [9.17, 15) is 0 Å². The SMILES string of the molecule is CN(C)CC(c1ccc(Cl)c(Cl)c1)N1CCCC1. The molecule has 0 amide bonds. The van der Waals surface area contributed by atoms with Crippen LogP contribution in [0.15, 0.2) is 18.2 Å². The number of hydrogen-bond donors (Lipinski definition) is 0. The Morgan fingerprint density at radius 2 is 1.83 bits per heavy atom. The quantitative estimate of drug-likeness (QED) is 0.833. The van der Waals surface area contributed by atoms with Crippen LogP contribution in [0.4, 0.5) is 0 Å². The van der Waals surface area contributed by atoms with Crippen LogP contribution >= 0.6 is 23.2 Å². The van der Waals surface area contributed by atoms with Crippen LogP contribution in [0.1, 0.15) is 24.4 Å². The van der Waals surface area contributed by atoms with E-state index in [-0.39, 0.29) is 0 Å². The molecule has 100 valence electrons. The molecule has 0 saturated carbocycles. The van der Waals surface area contributed by atoms with Gasteiger partial charge in [-0.3, -0.25) is 4.90 Å². The Hall–Kier alpha value is -0.280. The summed E-state index contributed by atoms with van der Waals surface area (Å²) in [6.07, 6.45) is 2.59. The molecule has 2 nitrogen and oxygen atoms in total. The summed E-state index contributed by atoms with van der Waals surface area (Å²) < 4.78 is 0. The van der Waals surface area contributed by atoms with E-state index in [4.69, 9.17) is 23.2 Å². The van der Waals surface area contributed by atoms with Gasteiger partial charge in [0.1, 0.15) is 0 Å². The Morgan fingerprint density at radius 1 is 1.17 bits per heavy atom. The smallest absolute Gasteiger partial charge is 0.0595 e. The first-order chi connectivity index (χ1) is 8.58. The second-order valence-electron chi connectivity index (χ2n) is 5.19. The molecule has 4 heteroatoms. The van der Waals surface area contributed by atoms with Crippen molar-refractivity contribution in [2.75, 3.05) is 33.7 Å². The number of hydrogen-bond acceptors (Lipinski definition) is 2. The van der Waals surface area contributed by atoms with Crippen molar-refractivity contribution in [1.29, 1.82) is 0 Å². The lowest BCUT2D eigenvalue weighted by Gasteiger charge is -2.30. The fourth-order valence-corrected chi connectivity index (χ4v) is 2.86. The van der Waals surface area contributed by atoms with E-state index >= 15 is 0 Å². The van der Waals surface area contributed by atoms with E-state index in [0.717, 1.165) is 6.54 Å². The highest BCUT2D eigenvalue weighted by atomic mass is 35.5. The number of likely N-dealkylation sites (tertiary alicyclic amines) is 1. The van der Waals surface area contributed by atoms with Gasteiger partial charge in [0.25, 0.3) is 0 Å². The number of rotatable bonds is 4. The predicted molar refractivity (Wildman–Crippen MR) is 78.6 cm³/mol. The van der Waals surface area contributed by atoms with E-state index in [2.05, 4.69) is 30.0 Å². The maximum Gasteiger partial charge on any atom is 0.0595 e. The van der Waals surface area contributed by atoms with E-state index in [1.165, 1.54) is 31.5 Å². The lowest BCUT2D eigenvalue weighted by atomic mass is 10.1. The van der Waals surface area contributed by atoms with E-state index in [1.807, 2.05) is 12.1 Å².